The maximum atomic E-state index is 11.8. The van der Waals surface area contributed by atoms with Crippen molar-refractivity contribution in [2.45, 2.75) is 19.1 Å². The Morgan fingerprint density at radius 1 is 1.50 bits per heavy atom. The Labute approximate surface area is 71.2 Å². The van der Waals surface area contributed by atoms with Gasteiger partial charge in [-0.1, -0.05) is 0 Å². The predicted molar refractivity (Wildman–Crippen MR) is 39.8 cm³/mol. The van der Waals surface area contributed by atoms with Gasteiger partial charge in [0.1, 0.15) is 5.01 Å². The van der Waals surface area contributed by atoms with E-state index < -0.39 is 12.6 Å². The Bertz CT molecular complexity index is 256. The molecule has 0 unspecified atom stereocenters. The second-order valence-electron chi connectivity index (χ2n) is 2.22. The minimum atomic E-state index is -4.18. The van der Waals surface area contributed by atoms with Gasteiger partial charge >= 0.3 is 6.18 Å². The number of thiazole rings is 1. The van der Waals surface area contributed by atoms with Gasteiger partial charge in [-0.15, -0.1) is 11.3 Å². The minimum absolute atomic E-state index is 0.0722. The second-order valence-corrected chi connectivity index (χ2v) is 3.42. The van der Waals surface area contributed by atoms with Crippen molar-refractivity contribution in [2.75, 3.05) is 0 Å². The summed E-state index contributed by atoms with van der Waals surface area (Å²) in [7, 11) is 0. The Morgan fingerprint density at radius 3 is 2.58 bits per heavy atom. The molecular formula is C6H7F3N2S. The molecule has 2 N–H and O–H groups in total. The van der Waals surface area contributed by atoms with Crippen LogP contribution in [0.5, 0.6) is 0 Å². The maximum absolute atomic E-state index is 11.8. The lowest BCUT2D eigenvalue weighted by Crippen LogP contribution is -2.10. The van der Waals surface area contributed by atoms with Crippen LogP contribution in [-0.4, -0.2) is 11.2 Å². The Hall–Kier alpha value is -0.620. The third kappa shape index (κ3) is 2.78. The predicted octanol–water partition coefficient (Wildman–Crippen LogP) is 1.71. The zero-order chi connectivity index (χ0) is 9.19. The van der Waals surface area contributed by atoms with Crippen LogP contribution >= 0.6 is 11.3 Å². The quantitative estimate of drug-likeness (QED) is 0.782. The molecule has 1 heterocycles. The van der Waals surface area contributed by atoms with Gasteiger partial charge in [-0.3, -0.25) is 0 Å². The highest BCUT2D eigenvalue weighted by molar-refractivity contribution is 7.11. The van der Waals surface area contributed by atoms with Crippen LogP contribution in [0.4, 0.5) is 13.2 Å². The second kappa shape index (κ2) is 3.40. The Balaban J connectivity index is 2.64. The topological polar surface area (TPSA) is 38.9 Å². The molecule has 0 spiro atoms. The van der Waals surface area contributed by atoms with Crippen molar-refractivity contribution >= 4 is 11.3 Å². The van der Waals surface area contributed by atoms with Gasteiger partial charge in [-0.05, 0) is 0 Å². The van der Waals surface area contributed by atoms with Crippen LogP contribution in [0.3, 0.4) is 0 Å². The lowest BCUT2D eigenvalue weighted by atomic mass is 10.4. The van der Waals surface area contributed by atoms with Gasteiger partial charge in [-0.2, -0.15) is 13.2 Å². The number of alkyl halides is 3. The molecule has 0 aliphatic heterocycles. The molecular weight excluding hydrogens is 189 g/mol. The lowest BCUT2D eigenvalue weighted by molar-refractivity contribution is -0.127. The first-order chi connectivity index (χ1) is 5.51. The largest absolute Gasteiger partial charge is 0.395 e. The van der Waals surface area contributed by atoms with Crippen LogP contribution in [0.25, 0.3) is 0 Å². The van der Waals surface area contributed by atoms with Gasteiger partial charge in [-0.25, -0.2) is 4.98 Å². The SMILES string of the molecule is NCc1cnc(CC(F)(F)F)s1. The molecule has 0 saturated carbocycles. The van der Waals surface area contributed by atoms with Gasteiger partial charge in [0.15, 0.2) is 0 Å². The average Bonchev–Trinajstić information content (AvgIpc) is 2.32. The van der Waals surface area contributed by atoms with Crippen molar-refractivity contribution in [3.63, 3.8) is 0 Å². The first-order valence-corrected chi connectivity index (χ1v) is 4.03. The van der Waals surface area contributed by atoms with E-state index in [1.54, 1.807) is 0 Å². The summed E-state index contributed by atoms with van der Waals surface area (Å²) in [4.78, 5) is 4.27. The summed E-state index contributed by atoms with van der Waals surface area (Å²) in [6.45, 7) is 0.246. The summed E-state index contributed by atoms with van der Waals surface area (Å²) in [6, 6.07) is 0. The van der Waals surface area contributed by atoms with Crippen LogP contribution in [-0.2, 0) is 13.0 Å². The number of nitrogens with zero attached hydrogens (tertiary/aromatic N) is 1. The van der Waals surface area contributed by atoms with Crippen LogP contribution < -0.4 is 5.73 Å². The molecule has 0 radical (unpaired) electrons. The summed E-state index contributed by atoms with van der Waals surface area (Å²) in [5.74, 6) is 0. The molecule has 0 saturated heterocycles. The molecule has 1 aromatic rings. The van der Waals surface area contributed by atoms with E-state index in [4.69, 9.17) is 5.73 Å². The van der Waals surface area contributed by atoms with Crippen molar-refractivity contribution in [3.8, 4) is 0 Å². The molecule has 0 fully saturated rings. The monoisotopic (exact) mass is 196 g/mol. The fourth-order valence-electron chi connectivity index (χ4n) is 0.696. The van der Waals surface area contributed by atoms with E-state index in [1.165, 1.54) is 6.20 Å². The Morgan fingerprint density at radius 2 is 2.17 bits per heavy atom. The molecule has 0 aromatic carbocycles. The van der Waals surface area contributed by atoms with Crippen LogP contribution in [0.15, 0.2) is 6.20 Å². The molecule has 1 rings (SSSR count). The van der Waals surface area contributed by atoms with E-state index in [-0.39, 0.29) is 11.6 Å². The number of halogens is 3. The average molecular weight is 196 g/mol. The molecule has 12 heavy (non-hydrogen) atoms. The molecule has 0 atom stereocenters. The van der Waals surface area contributed by atoms with Crippen LogP contribution in [0.2, 0.25) is 0 Å². The molecule has 6 heteroatoms. The van der Waals surface area contributed by atoms with Gasteiger partial charge < -0.3 is 5.73 Å². The first kappa shape index (κ1) is 9.47. The van der Waals surface area contributed by atoms with Crippen molar-refractivity contribution in [3.05, 3.63) is 16.1 Å². The standard InChI is InChI=1S/C6H7F3N2S/c7-6(8,9)1-5-11-3-4(2-10)12-5/h3H,1-2,10H2. The smallest absolute Gasteiger partial charge is 0.326 e. The van der Waals surface area contributed by atoms with Crippen molar-refractivity contribution < 1.29 is 13.2 Å². The number of rotatable bonds is 2. The summed E-state index contributed by atoms with van der Waals surface area (Å²) in [5, 5.41) is 0.0722. The number of hydrogen-bond donors (Lipinski definition) is 1. The fraction of sp³-hybridized carbons (Fsp3) is 0.500. The van der Waals surface area contributed by atoms with Gasteiger partial charge in [0.25, 0.3) is 0 Å². The Kier molecular flexibility index (Phi) is 2.69. The van der Waals surface area contributed by atoms with Crippen molar-refractivity contribution in [1.29, 1.82) is 0 Å². The normalized spacial score (nSPS) is 12.0. The number of hydrogen-bond acceptors (Lipinski definition) is 3. The van der Waals surface area contributed by atoms with E-state index in [0.717, 1.165) is 11.3 Å². The first-order valence-electron chi connectivity index (χ1n) is 3.21. The molecule has 0 amide bonds. The van der Waals surface area contributed by atoms with E-state index >= 15 is 0 Å². The van der Waals surface area contributed by atoms with Gasteiger partial charge in [0.2, 0.25) is 0 Å². The summed E-state index contributed by atoms with van der Waals surface area (Å²) < 4.78 is 35.4. The van der Waals surface area contributed by atoms with E-state index in [1.807, 2.05) is 0 Å². The maximum Gasteiger partial charge on any atom is 0.395 e. The molecule has 0 bridgehead atoms. The lowest BCUT2D eigenvalue weighted by Gasteiger charge is -2.01. The molecule has 0 aliphatic rings. The van der Waals surface area contributed by atoms with E-state index in [9.17, 15) is 13.2 Å². The van der Waals surface area contributed by atoms with Gasteiger partial charge in [0.05, 0.1) is 6.42 Å². The van der Waals surface area contributed by atoms with Crippen LogP contribution in [0.1, 0.15) is 9.88 Å². The van der Waals surface area contributed by atoms with Gasteiger partial charge in [0, 0.05) is 17.6 Å². The van der Waals surface area contributed by atoms with Crippen molar-refractivity contribution in [1.82, 2.24) is 4.98 Å². The summed E-state index contributed by atoms with van der Waals surface area (Å²) >= 11 is 1.00. The highest BCUT2D eigenvalue weighted by Crippen LogP contribution is 2.23. The summed E-state index contributed by atoms with van der Waals surface area (Å²) in [6.07, 6.45) is -3.76. The zero-order valence-electron chi connectivity index (χ0n) is 6.06. The van der Waals surface area contributed by atoms with Crippen molar-refractivity contribution in [2.24, 2.45) is 5.73 Å². The minimum Gasteiger partial charge on any atom is -0.326 e. The third-order valence-electron chi connectivity index (χ3n) is 1.15. The highest BCUT2D eigenvalue weighted by Gasteiger charge is 2.29. The molecule has 0 aliphatic carbocycles. The highest BCUT2D eigenvalue weighted by atomic mass is 32.1. The summed E-state index contributed by atoms with van der Waals surface area (Å²) in [5.41, 5.74) is 5.22. The number of nitrogens with two attached hydrogens (primary N) is 1. The molecule has 2 nitrogen and oxygen atoms in total. The van der Waals surface area contributed by atoms with E-state index in [0.29, 0.717) is 4.88 Å². The zero-order valence-corrected chi connectivity index (χ0v) is 6.87. The fourth-order valence-corrected chi connectivity index (χ4v) is 1.53. The number of aromatic nitrogens is 1. The van der Waals surface area contributed by atoms with E-state index in [2.05, 4.69) is 4.98 Å². The molecule has 68 valence electrons. The molecule has 1 aromatic heterocycles. The third-order valence-corrected chi connectivity index (χ3v) is 2.17. The van der Waals surface area contributed by atoms with Crippen LogP contribution in [0, 0.1) is 0 Å².